The number of Topliss-reactive ketones (excluding diaryl/α,β-unsaturated/α-hetero) is 1. The SMILES string of the molecule is CC(=O)c1cccc(S(=O)(=O)N2CCN(C(=O)[C@H](C)NC(=O)c3cccc([N+](=O)[O-])c3)CC2)c1. The summed E-state index contributed by atoms with van der Waals surface area (Å²) < 4.78 is 27.2. The van der Waals surface area contributed by atoms with Gasteiger partial charge >= 0.3 is 0 Å². The highest BCUT2D eigenvalue weighted by Gasteiger charge is 2.32. The number of nitrogens with zero attached hydrogens (tertiary/aromatic N) is 3. The van der Waals surface area contributed by atoms with Gasteiger partial charge in [0.1, 0.15) is 6.04 Å². The van der Waals surface area contributed by atoms with E-state index >= 15 is 0 Å². The van der Waals surface area contributed by atoms with Crippen LogP contribution in [-0.4, -0.2) is 72.4 Å². The summed E-state index contributed by atoms with van der Waals surface area (Å²) in [6, 6.07) is 10.1. The average Bonchev–Trinajstić information content (AvgIpc) is 2.83. The van der Waals surface area contributed by atoms with Gasteiger partial charge in [-0.15, -0.1) is 0 Å². The third kappa shape index (κ3) is 5.46. The summed E-state index contributed by atoms with van der Waals surface area (Å²) in [6.07, 6.45) is 0. The Labute approximate surface area is 196 Å². The van der Waals surface area contributed by atoms with Crippen molar-refractivity contribution in [1.29, 1.82) is 0 Å². The van der Waals surface area contributed by atoms with Crippen molar-refractivity contribution in [3.63, 3.8) is 0 Å². The molecule has 1 fully saturated rings. The van der Waals surface area contributed by atoms with E-state index in [9.17, 15) is 32.9 Å². The second-order valence-corrected chi connectivity index (χ2v) is 9.75. The highest BCUT2D eigenvalue weighted by molar-refractivity contribution is 7.89. The lowest BCUT2D eigenvalue weighted by atomic mass is 10.1. The van der Waals surface area contributed by atoms with Gasteiger partial charge < -0.3 is 10.2 Å². The topological polar surface area (TPSA) is 147 Å². The zero-order valence-electron chi connectivity index (χ0n) is 18.6. The average molecular weight is 489 g/mol. The number of carbonyl (C=O) groups excluding carboxylic acids is 3. The molecule has 0 bridgehead atoms. The molecule has 0 radical (unpaired) electrons. The van der Waals surface area contributed by atoms with Crippen LogP contribution in [0.5, 0.6) is 0 Å². The van der Waals surface area contributed by atoms with Crippen LogP contribution in [-0.2, 0) is 14.8 Å². The van der Waals surface area contributed by atoms with Gasteiger partial charge in [-0.25, -0.2) is 8.42 Å². The predicted molar refractivity (Wildman–Crippen MR) is 122 cm³/mol. The van der Waals surface area contributed by atoms with Crippen molar-refractivity contribution in [3.05, 3.63) is 69.8 Å². The highest BCUT2D eigenvalue weighted by Crippen LogP contribution is 2.20. The van der Waals surface area contributed by atoms with Crippen LogP contribution in [0.25, 0.3) is 0 Å². The van der Waals surface area contributed by atoms with Gasteiger partial charge in [-0.2, -0.15) is 4.31 Å². The number of amides is 2. The first-order chi connectivity index (χ1) is 16.0. The van der Waals surface area contributed by atoms with Crippen LogP contribution >= 0.6 is 0 Å². The molecule has 3 rings (SSSR count). The Hall–Kier alpha value is -3.64. The number of non-ortho nitro benzene ring substituents is 1. The molecule has 1 atom stereocenters. The summed E-state index contributed by atoms with van der Waals surface area (Å²) in [4.78, 5) is 48.5. The zero-order chi connectivity index (χ0) is 25.0. The molecular weight excluding hydrogens is 464 g/mol. The van der Waals surface area contributed by atoms with Crippen LogP contribution in [0.3, 0.4) is 0 Å². The number of carbonyl (C=O) groups is 3. The Morgan fingerprint density at radius 2 is 1.62 bits per heavy atom. The third-order valence-corrected chi connectivity index (χ3v) is 7.36. The minimum absolute atomic E-state index is 0.0116. The molecule has 180 valence electrons. The predicted octanol–water partition coefficient (Wildman–Crippen LogP) is 1.45. The van der Waals surface area contributed by atoms with Gasteiger partial charge in [-0.3, -0.25) is 24.5 Å². The summed E-state index contributed by atoms with van der Waals surface area (Å²) >= 11 is 0. The second kappa shape index (κ2) is 10.1. The van der Waals surface area contributed by atoms with E-state index in [1.54, 1.807) is 6.07 Å². The zero-order valence-corrected chi connectivity index (χ0v) is 19.4. The minimum Gasteiger partial charge on any atom is -0.341 e. The summed E-state index contributed by atoms with van der Waals surface area (Å²) in [6.45, 7) is 3.22. The first-order valence-corrected chi connectivity index (χ1v) is 11.9. The number of hydrogen-bond donors (Lipinski definition) is 1. The number of rotatable bonds is 7. The Morgan fingerprint density at radius 1 is 1.00 bits per heavy atom. The van der Waals surface area contributed by atoms with Gasteiger partial charge in [0, 0.05) is 49.4 Å². The molecule has 34 heavy (non-hydrogen) atoms. The number of nitrogens with one attached hydrogen (secondary N) is 1. The molecule has 2 aromatic rings. The van der Waals surface area contributed by atoms with E-state index < -0.39 is 32.8 Å². The number of benzene rings is 2. The van der Waals surface area contributed by atoms with Crippen molar-refractivity contribution in [2.45, 2.75) is 24.8 Å². The van der Waals surface area contributed by atoms with Crippen molar-refractivity contribution in [2.75, 3.05) is 26.2 Å². The van der Waals surface area contributed by atoms with Gasteiger partial charge in [0.05, 0.1) is 9.82 Å². The van der Waals surface area contributed by atoms with Crippen LogP contribution in [0.15, 0.2) is 53.4 Å². The Bertz CT molecular complexity index is 1240. The molecule has 1 aliphatic heterocycles. The van der Waals surface area contributed by atoms with Gasteiger partial charge in [-0.05, 0) is 32.0 Å². The molecule has 12 heteroatoms. The molecule has 0 unspecified atom stereocenters. The van der Waals surface area contributed by atoms with Gasteiger partial charge in [0.15, 0.2) is 5.78 Å². The number of nitro groups is 1. The number of nitro benzene ring substituents is 1. The summed E-state index contributed by atoms with van der Waals surface area (Å²) in [7, 11) is -3.84. The van der Waals surface area contributed by atoms with E-state index in [1.807, 2.05) is 0 Å². The smallest absolute Gasteiger partial charge is 0.270 e. The first kappa shape index (κ1) is 25.0. The maximum absolute atomic E-state index is 13.0. The summed E-state index contributed by atoms with van der Waals surface area (Å²) in [5, 5.41) is 13.4. The Morgan fingerprint density at radius 3 is 2.24 bits per heavy atom. The quantitative estimate of drug-likeness (QED) is 0.352. The second-order valence-electron chi connectivity index (χ2n) is 7.82. The fourth-order valence-corrected chi connectivity index (χ4v) is 5.02. The number of sulfonamides is 1. The maximum Gasteiger partial charge on any atom is 0.270 e. The maximum atomic E-state index is 13.0. The van der Waals surface area contributed by atoms with Gasteiger partial charge in [0.25, 0.3) is 11.6 Å². The van der Waals surface area contributed by atoms with Crippen LogP contribution < -0.4 is 5.32 Å². The van der Waals surface area contributed by atoms with E-state index in [4.69, 9.17) is 0 Å². The largest absolute Gasteiger partial charge is 0.341 e. The number of piperazine rings is 1. The lowest BCUT2D eigenvalue weighted by Crippen LogP contribution is -2.55. The van der Waals surface area contributed by atoms with E-state index in [0.29, 0.717) is 5.56 Å². The molecule has 1 saturated heterocycles. The number of ketones is 1. The first-order valence-electron chi connectivity index (χ1n) is 10.5. The molecule has 2 amide bonds. The van der Waals surface area contributed by atoms with Crippen LogP contribution in [0, 0.1) is 10.1 Å². The lowest BCUT2D eigenvalue weighted by Gasteiger charge is -2.35. The van der Waals surface area contributed by atoms with Gasteiger partial charge in [-0.1, -0.05) is 18.2 Å². The molecule has 0 spiro atoms. The molecule has 0 aromatic heterocycles. The molecule has 2 aromatic carbocycles. The lowest BCUT2D eigenvalue weighted by molar-refractivity contribution is -0.384. The Kier molecular flexibility index (Phi) is 7.42. The normalized spacial score (nSPS) is 15.4. The molecule has 1 heterocycles. The van der Waals surface area contributed by atoms with E-state index in [1.165, 1.54) is 59.5 Å². The third-order valence-electron chi connectivity index (χ3n) is 5.47. The van der Waals surface area contributed by atoms with Crippen LogP contribution in [0.1, 0.15) is 34.6 Å². The fraction of sp³-hybridized carbons (Fsp3) is 0.318. The van der Waals surface area contributed by atoms with Crippen molar-refractivity contribution in [2.24, 2.45) is 0 Å². The number of hydrogen-bond acceptors (Lipinski definition) is 7. The van der Waals surface area contributed by atoms with Crippen molar-refractivity contribution in [1.82, 2.24) is 14.5 Å². The van der Waals surface area contributed by atoms with E-state index in [0.717, 1.165) is 6.07 Å². The van der Waals surface area contributed by atoms with E-state index in [-0.39, 0.29) is 48.1 Å². The van der Waals surface area contributed by atoms with Crippen LogP contribution in [0.4, 0.5) is 5.69 Å². The van der Waals surface area contributed by atoms with Crippen molar-refractivity contribution >= 4 is 33.3 Å². The van der Waals surface area contributed by atoms with Crippen LogP contribution in [0.2, 0.25) is 0 Å². The van der Waals surface area contributed by atoms with Crippen molar-refractivity contribution < 1.29 is 27.7 Å². The molecule has 1 N–H and O–H groups in total. The monoisotopic (exact) mass is 488 g/mol. The minimum atomic E-state index is -3.84. The highest BCUT2D eigenvalue weighted by atomic mass is 32.2. The van der Waals surface area contributed by atoms with Crippen molar-refractivity contribution in [3.8, 4) is 0 Å². The standard InChI is InChI=1S/C22H24N4O7S/c1-15(23-21(28)18-6-3-7-19(13-18)26(30)31)22(29)24-9-11-25(12-10-24)34(32,33)20-8-4-5-17(14-20)16(2)27/h3-8,13-15H,9-12H2,1-2H3,(H,23,28)/t15-/m0/s1. The molecular formula is C22H24N4O7S. The Balaban J connectivity index is 1.61. The molecule has 0 saturated carbocycles. The molecule has 1 aliphatic rings. The molecule has 0 aliphatic carbocycles. The van der Waals surface area contributed by atoms with Gasteiger partial charge in [0.2, 0.25) is 15.9 Å². The summed E-state index contributed by atoms with van der Waals surface area (Å²) in [5.41, 5.74) is 0.110. The fourth-order valence-electron chi connectivity index (χ4n) is 3.55. The van der Waals surface area contributed by atoms with E-state index in [2.05, 4.69) is 5.32 Å². The molecule has 11 nitrogen and oxygen atoms in total. The summed E-state index contributed by atoms with van der Waals surface area (Å²) in [5.74, 6) is -1.26.